The number of aliphatic carboxylic acids is 1. The molecule has 0 saturated heterocycles. The van der Waals surface area contributed by atoms with Gasteiger partial charge in [0.05, 0.1) is 0 Å². The van der Waals surface area contributed by atoms with Crippen molar-refractivity contribution in [3.8, 4) is 0 Å². The van der Waals surface area contributed by atoms with Gasteiger partial charge in [-0.1, -0.05) is 19.3 Å². The Balaban J connectivity index is 2.68. The first-order valence-corrected chi connectivity index (χ1v) is 4.90. The zero-order chi connectivity index (χ0) is 9.90. The Bertz CT molecular complexity index is 185. The molecule has 1 N–H and O–H groups in total. The molecule has 0 unspecified atom stereocenters. The molecular weight excluding hydrogens is 168 g/mol. The van der Waals surface area contributed by atoms with E-state index < -0.39 is 11.6 Å². The van der Waals surface area contributed by atoms with E-state index in [4.69, 9.17) is 9.84 Å². The minimum atomic E-state index is -0.972. The molecular formula is C10H18O3. The van der Waals surface area contributed by atoms with Crippen LogP contribution in [0.3, 0.4) is 0 Å². The fourth-order valence-corrected chi connectivity index (χ4v) is 2.08. The zero-order valence-corrected chi connectivity index (χ0v) is 8.38. The molecule has 13 heavy (non-hydrogen) atoms. The second-order valence-electron chi connectivity index (χ2n) is 3.95. The van der Waals surface area contributed by atoms with Gasteiger partial charge in [0.1, 0.15) is 0 Å². The standard InChI is InChI=1S/C10H18O3/c1-10(13-2,9(11)12)8-6-4-3-5-7-8/h8H,3-7H2,1-2H3,(H,11,12)/t10-/m0/s1. The number of carboxylic acid groups (broad SMARTS) is 1. The van der Waals surface area contributed by atoms with E-state index in [1.807, 2.05) is 0 Å². The van der Waals surface area contributed by atoms with Crippen LogP contribution in [0.15, 0.2) is 0 Å². The average Bonchev–Trinajstić information content (AvgIpc) is 2.17. The maximum atomic E-state index is 11.0. The second-order valence-corrected chi connectivity index (χ2v) is 3.95. The predicted molar refractivity (Wildman–Crippen MR) is 49.6 cm³/mol. The highest BCUT2D eigenvalue weighted by Crippen LogP contribution is 2.34. The lowest BCUT2D eigenvalue weighted by Crippen LogP contribution is -2.45. The highest BCUT2D eigenvalue weighted by Gasteiger charge is 2.41. The van der Waals surface area contributed by atoms with Gasteiger partial charge in [0.2, 0.25) is 0 Å². The summed E-state index contributed by atoms with van der Waals surface area (Å²) in [6.07, 6.45) is 5.47. The van der Waals surface area contributed by atoms with Gasteiger partial charge in [-0.3, -0.25) is 0 Å². The molecule has 0 aliphatic heterocycles. The molecule has 0 aromatic rings. The van der Waals surface area contributed by atoms with Crippen LogP contribution in [0.1, 0.15) is 39.0 Å². The summed E-state index contributed by atoms with van der Waals surface area (Å²) in [5.74, 6) is -0.648. The van der Waals surface area contributed by atoms with Gasteiger partial charge >= 0.3 is 5.97 Å². The van der Waals surface area contributed by atoms with Crippen LogP contribution in [0.2, 0.25) is 0 Å². The fourth-order valence-electron chi connectivity index (χ4n) is 2.08. The fraction of sp³-hybridized carbons (Fsp3) is 0.900. The molecule has 0 heterocycles. The maximum Gasteiger partial charge on any atom is 0.335 e. The second kappa shape index (κ2) is 4.09. The molecule has 0 radical (unpaired) electrons. The van der Waals surface area contributed by atoms with E-state index in [1.54, 1.807) is 6.92 Å². The van der Waals surface area contributed by atoms with Crippen LogP contribution in [0.4, 0.5) is 0 Å². The van der Waals surface area contributed by atoms with Crippen molar-refractivity contribution in [1.29, 1.82) is 0 Å². The third kappa shape index (κ3) is 2.02. The lowest BCUT2D eigenvalue weighted by Gasteiger charge is -2.35. The monoisotopic (exact) mass is 186 g/mol. The first-order valence-electron chi connectivity index (χ1n) is 4.90. The topological polar surface area (TPSA) is 46.5 Å². The molecule has 1 aliphatic carbocycles. The third-order valence-electron chi connectivity index (χ3n) is 3.23. The molecule has 0 amide bonds. The highest BCUT2D eigenvalue weighted by atomic mass is 16.5. The number of hydrogen-bond acceptors (Lipinski definition) is 2. The molecule has 1 saturated carbocycles. The van der Waals surface area contributed by atoms with Gasteiger partial charge in [0.15, 0.2) is 5.60 Å². The van der Waals surface area contributed by atoms with Gasteiger partial charge in [0, 0.05) is 7.11 Å². The SMILES string of the molecule is CO[C@](C)(C(=O)O)C1CCCCC1. The van der Waals surface area contributed by atoms with Gasteiger partial charge in [-0.05, 0) is 25.7 Å². The van der Waals surface area contributed by atoms with Crippen LogP contribution in [0.5, 0.6) is 0 Å². The molecule has 1 fully saturated rings. The van der Waals surface area contributed by atoms with Gasteiger partial charge in [-0.2, -0.15) is 0 Å². The van der Waals surface area contributed by atoms with Crippen molar-refractivity contribution in [2.75, 3.05) is 7.11 Å². The van der Waals surface area contributed by atoms with Gasteiger partial charge < -0.3 is 9.84 Å². The minimum Gasteiger partial charge on any atom is -0.479 e. The molecule has 3 nitrogen and oxygen atoms in total. The number of rotatable bonds is 3. The largest absolute Gasteiger partial charge is 0.479 e. The Morgan fingerprint density at radius 2 is 1.92 bits per heavy atom. The molecule has 1 atom stereocenters. The lowest BCUT2D eigenvalue weighted by molar-refractivity contribution is -0.168. The number of carboxylic acids is 1. The zero-order valence-electron chi connectivity index (χ0n) is 8.38. The normalized spacial score (nSPS) is 23.8. The Labute approximate surface area is 79.1 Å². The van der Waals surface area contributed by atoms with Crippen LogP contribution < -0.4 is 0 Å². The molecule has 0 spiro atoms. The number of hydrogen-bond donors (Lipinski definition) is 1. The number of carbonyl (C=O) groups is 1. The average molecular weight is 186 g/mol. The maximum absolute atomic E-state index is 11.0. The van der Waals surface area contributed by atoms with E-state index >= 15 is 0 Å². The van der Waals surface area contributed by atoms with Crippen molar-refractivity contribution in [2.24, 2.45) is 5.92 Å². The van der Waals surface area contributed by atoms with Gasteiger partial charge in [-0.15, -0.1) is 0 Å². The Kier molecular flexibility index (Phi) is 3.31. The Morgan fingerprint density at radius 1 is 1.38 bits per heavy atom. The van der Waals surface area contributed by atoms with Crippen LogP contribution in [-0.2, 0) is 9.53 Å². The third-order valence-corrected chi connectivity index (χ3v) is 3.23. The molecule has 1 rings (SSSR count). The van der Waals surface area contributed by atoms with Crippen molar-refractivity contribution >= 4 is 5.97 Å². The van der Waals surface area contributed by atoms with Crippen LogP contribution in [0.25, 0.3) is 0 Å². The summed E-state index contributed by atoms with van der Waals surface area (Å²) >= 11 is 0. The molecule has 0 aromatic heterocycles. The molecule has 3 heteroatoms. The number of methoxy groups -OCH3 is 1. The van der Waals surface area contributed by atoms with E-state index in [0.717, 1.165) is 25.7 Å². The predicted octanol–water partition coefficient (Wildman–Crippen LogP) is 2.06. The summed E-state index contributed by atoms with van der Waals surface area (Å²) in [7, 11) is 1.49. The summed E-state index contributed by atoms with van der Waals surface area (Å²) in [6, 6.07) is 0. The van der Waals surface area contributed by atoms with Crippen molar-refractivity contribution in [3.63, 3.8) is 0 Å². The van der Waals surface area contributed by atoms with Crippen LogP contribution >= 0.6 is 0 Å². The summed E-state index contributed by atoms with van der Waals surface area (Å²) in [5, 5.41) is 9.06. The highest BCUT2D eigenvalue weighted by molar-refractivity contribution is 5.77. The summed E-state index contributed by atoms with van der Waals surface area (Å²) in [6.45, 7) is 1.69. The van der Waals surface area contributed by atoms with E-state index in [-0.39, 0.29) is 5.92 Å². The van der Waals surface area contributed by atoms with Gasteiger partial charge in [-0.25, -0.2) is 4.79 Å². The van der Waals surface area contributed by atoms with Crippen LogP contribution in [-0.4, -0.2) is 23.8 Å². The van der Waals surface area contributed by atoms with Gasteiger partial charge in [0.25, 0.3) is 0 Å². The summed E-state index contributed by atoms with van der Waals surface area (Å²) in [5.41, 5.74) is -0.972. The number of ether oxygens (including phenoxy) is 1. The smallest absolute Gasteiger partial charge is 0.335 e. The first kappa shape index (κ1) is 10.5. The van der Waals surface area contributed by atoms with E-state index in [9.17, 15) is 4.79 Å². The molecule has 1 aliphatic rings. The van der Waals surface area contributed by atoms with Crippen molar-refractivity contribution in [3.05, 3.63) is 0 Å². The van der Waals surface area contributed by atoms with Crippen molar-refractivity contribution in [1.82, 2.24) is 0 Å². The summed E-state index contributed by atoms with van der Waals surface area (Å²) < 4.78 is 5.14. The summed E-state index contributed by atoms with van der Waals surface area (Å²) in [4.78, 5) is 11.0. The first-order chi connectivity index (χ1) is 6.11. The minimum absolute atomic E-state index is 0.184. The molecule has 0 bridgehead atoms. The Hall–Kier alpha value is -0.570. The lowest BCUT2D eigenvalue weighted by atomic mass is 9.78. The van der Waals surface area contributed by atoms with E-state index in [0.29, 0.717) is 0 Å². The Morgan fingerprint density at radius 3 is 2.31 bits per heavy atom. The van der Waals surface area contributed by atoms with E-state index in [1.165, 1.54) is 13.5 Å². The van der Waals surface area contributed by atoms with E-state index in [2.05, 4.69) is 0 Å². The molecule has 76 valence electrons. The van der Waals surface area contributed by atoms with Crippen molar-refractivity contribution in [2.45, 2.75) is 44.6 Å². The van der Waals surface area contributed by atoms with Crippen LogP contribution in [0, 0.1) is 5.92 Å². The van der Waals surface area contributed by atoms with Crippen molar-refractivity contribution < 1.29 is 14.6 Å². The quantitative estimate of drug-likeness (QED) is 0.733. The molecule has 0 aromatic carbocycles.